The van der Waals surface area contributed by atoms with Crippen molar-refractivity contribution < 1.29 is 142 Å². The van der Waals surface area contributed by atoms with Crippen LogP contribution in [0.25, 0.3) is 22.4 Å². The molecule has 9 heterocycles. The van der Waals surface area contributed by atoms with Gasteiger partial charge in [-0.15, -0.1) is 0 Å². The Morgan fingerprint density at radius 3 is 1.99 bits per heavy atom. The highest BCUT2D eigenvalue weighted by atomic mass is 35.5. The van der Waals surface area contributed by atoms with Gasteiger partial charge in [-0.05, 0) is 122 Å². The number of fused-ring (bicyclic) bond motifs is 15. The summed E-state index contributed by atoms with van der Waals surface area (Å²) in [6, 6.07) is 16.4. The number of carbonyl (C=O) groups is 8. The second kappa shape index (κ2) is 39.2. The van der Waals surface area contributed by atoms with Crippen LogP contribution in [0.1, 0.15) is 157 Å². The van der Waals surface area contributed by atoms with Crippen molar-refractivity contribution in [1.29, 1.82) is 0 Å². The van der Waals surface area contributed by atoms with Crippen LogP contribution in [0.4, 0.5) is 0 Å². The number of aromatic nitrogens is 1. The van der Waals surface area contributed by atoms with Crippen LogP contribution < -0.4 is 46.9 Å². The molecule has 20 N–H and O–H groups in total. The van der Waals surface area contributed by atoms with E-state index in [9.17, 15) is 75.7 Å². The molecule has 23 atom stereocenters. The summed E-state index contributed by atoms with van der Waals surface area (Å²) in [4.78, 5) is 121. The number of aliphatic hydroxyl groups excluding tert-OH is 8. The standard InChI is InChI=1S/C86H97Cl2N7O29.CH4/c1-6-37(21-35(2)3)79(110)93-67-54(100)25-43(28-62(89)102)80(111)91-65-42-26-59(117-56-19-16-40(69(67)103)23-49(56)87)76(122-85-74(108)72(106)77(61(34-96)120-85)123-84-73(107)71(105)70(104)58(119-84)14-10-13-45-31-51(95-124-45)38-11-8-7-9-12-38)60(27-42)118-57-20-17-41(24-50(57)88)75(121-63-33-86(5,90)78(109)36(4)116-63)68-82(113)92-66(83(114)115)48-29-44(97)30-53(99)64(48)47-22-39(15-18-52(47)98)46(32-55(65)101)81(112)94-68;/h7-9,11-12,15-20,22-24,26-27,29-31,35-37,43,46,58,61,63,65-75,77-78,84-85,96-99,103-109H,6,10,13-14,21,25,28,32-34,90H2,1-5H3,(H2,89,102)(H,91,111)(H,92,113)(H,93,110)(H,94,112)(H,114,115);1H4/t36-,37+,43-,46+,58+,61+,63?,65+,66+,67-,68-,69+,70-,71-,72+,73+,74+,75+,77+,78-,84-,85-,86-;/m0./s1. The second-order valence-corrected chi connectivity index (χ2v) is 33.4. The highest BCUT2D eigenvalue weighted by Gasteiger charge is 2.53. The van der Waals surface area contributed by atoms with Gasteiger partial charge in [0.2, 0.25) is 41.6 Å². The van der Waals surface area contributed by atoms with E-state index in [2.05, 4.69) is 26.4 Å². The monoisotopic (exact) mass is 1780 g/mol. The molecule has 5 amide bonds. The van der Waals surface area contributed by atoms with Gasteiger partial charge in [-0.2, -0.15) is 0 Å². The highest BCUT2D eigenvalue weighted by Crippen LogP contribution is 2.51. The van der Waals surface area contributed by atoms with E-state index in [4.69, 9.17) is 77.1 Å². The Kier molecular flexibility index (Phi) is 29.4. The number of hydrogen-bond donors (Lipinski definition) is 18. The Hall–Kier alpha value is -10.5. The lowest BCUT2D eigenvalue weighted by Crippen LogP contribution is -2.64. The Morgan fingerprint density at radius 2 is 1.35 bits per heavy atom. The van der Waals surface area contributed by atoms with Gasteiger partial charge < -0.3 is 136 Å². The van der Waals surface area contributed by atoms with Gasteiger partial charge in [-0.3, -0.25) is 33.6 Å². The van der Waals surface area contributed by atoms with Gasteiger partial charge in [-0.25, -0.2) is 4.79 Å². The van der Waals surface area contributed by atoms with Crippen molar-refractivity contribution in [2.75, 3.05) is 6.61 Å². The number of ether oxygens (including phenoxy) is 8. The molecular formula is C87H101Cl2N7O29. The van der Waals surface area contributed by atoms with Crippen LogP contribution in [-0.2, 0) is 68.5 Å². The normalized spacial score (nSPS) is 29.8. The fourth-order valence-corrected chi connectivity index (χ4v) is 16.9. The van der Waals surface area contributed by atoms with Crippen molar-refractivity contribution in [2.45, 2.75) is 228 Å². The van der Waals surface area contributed by atoms with Crippen LogP contribution in [0, 0.1) is 17.8 Å². The first kappa shape index (κ1) is 93.7. The molecule has 0 spiro atoms. The third-order valence-electron chi connectivity index (χ3n) is 23.1. The van der Waals surface area contributed by atoms with E-state index >= 15 is 24.0 Å². The summed E-state index contributed by atoms with van der Waals surface area (Å²) >= 11 is 14.5. The predicted octanol–water partition coefficient (Wildman–Crippen LogP) is 5.67. The molecule has 0 aliphatic carbocycles. The van der Waals surface area contributed by atoms with Crippen LogP contribution in [0.15, 0.2) is 120 Å². The first-order valence-electron chi connectivity index (χ1n) is 40.3. The number of aliphatic hydroxyl groups is 8. The summed E-state index contributed by atoms with van der Waals surface area (Å²) in [7, 11) is 0. The number of carboxylic acid groups (broad SMARTS) is 1. The minimum atomic E-state index is -2.34. The number of phenolic OH excluding ortho intramolecular Hbond substituents is 3. The lowest BCUT2D eigenvalue weighted by atomic mass is 9.84. The largest absolute Gasteiger partial charge is 0.508 e. The molecule has 672 valence electrons. The molecule has 11 bridgehead atoms. The average Bonchev–Trinajstić information content (AvgIpc) is 1.64. The van der Waals surface area contributed by atoms with Crippen LogP contribution in [0.3, 0.4) is 0 Å². The lowest BCUT2D eigenvalue weighted by molar-refractivity contribution is -0.351. The Bertz CT molecular complexity index is 5150. The van der Waals surface area contributed by atoms with Gasteiger partial charge >= 0.3 is 5.97 Å². The number of hydrogen-bond acceptors (Lipinski definition) is 30. The van der Waals surface area contributed by atoms with E-state index in [1.165, 1.54) is 44.2 Å². The maximum absolute atomic E-state index is 16.6. The maximum Gasteiger partial charge on any atom is 0.330 e. The number of aromatic hydroxyl groups is 3. The topological polar surface area (TPSA) is 579 Å². The zero-order valence-corrected chi connectivity index (χ0v) is 69.0. The number of aryl methyl sites for hydroxylation is 1. The molecule has 7 aromatic rings. The molecule has 1 aromatic heterocycles. The maximum atomic E-state index is 16.6. The number of nitrogens with two attached hydrogens (primary N) is 2. The summed E-state index contributed by atoms with van der Waals surface area (Å²) in [6.07, 6.45) is -29.6. The van der Waals surface area contributed by atoms with Crippen LogP contribution >= 0.6 is 23.2 Å². The number of halogens is 2. The number of carbonyl (C=O) groups excluding carboxylic acids is 7. The van der Waals surface area contributed by atoms with Gasteiger partial charge in [-0.1, -0.05) is 105 Å². The zero-order valence-electron chi connectivity index (χ0n) is 67.5. The third kappa shape index (κ3) is 20.5. The number of nitrogens with zero attached hydrogens (tertiary/aromatic N) is 1. The average molecular weight is 1780 g/mol. The fraction of sp³-hybridized carbons (Fsp3) is 0.460. The minimum Gasteiger partial charge on any atom is -0.508 e. The second-order valence-electron chi connectivity index (χ2n) is 32.6. The van der Waals surface area contributed by atoms with Crippen LogP contribution in [-0.4, -0.2) is 218 Å². The van der Waals surface area contributed by atoms with Crippen molar-refractivity contribution in [1.82, 2.24) is 26.4 Å². The zero-order chi connectivity index (χ0) is 89.4. The van der Waals surface area contributed by atoms with Crippen LogP contribution in [0.2, 0.25) is 10.0 Å². The van der Waals surface area contributed by atoms with E-state index in [1.807, 2.05) is 44.2 Å². The summed E-state index contributed by atoms with van der Waals surface area (Å²) < 4.78 is 57.0. The molecule has 0 saturated carbocycles. The molecule has 3 saturated heterocycles. The molecule has 3 fully saturated rings. The lowest BCUT2D eigenvalue weighted by Gasteiger charge is -2.46. The summed E-state index contributed by atoms with van der Waals surface area (Å²) in [5.41, 5.74) is 9.89. The molecule has 8 aliphatic heterocycles. The van der Waals surface area contributed by atoms with Crippen molar-refractivity contribution in [3.8, 4) is 68.4 Å². The number of amides is 5. The van der Waals surface area contributed by atoms with Gasteiger partial charge in [0, 0.05) is 77.9 Å². The first-order valence-corrected chi connectivity index (χ1v) is 41.1. The molecular weight excluding hydrogens is 1680 g/mol. The molecule has 36 nitrogen and oxygen atoms in total. The number of phenols is 3. The van der Waals surface area contributed by atoms with Gasteiger partial charge in [0.05, 0.1) is 46.8 Å². The van der Waals surface area contributed by atoms with Crippen molar-refractivity contribution in [3.05, 3.63) is 159 Å². The quantitative estimate of drug-likeness (QED) is 0.0437. The van der Waals surface area contributed by atoms with Crippen molar-refractivity contribution in [2.24, 2.45) is 29.2 Å². The summed E-state index contributed by atoms with van der Waals surface area (Å²) in [6.45, 7) is 7.31. The number of nitrogens with one attached hydrogen (secondary N) is 4. The number of Topliss-reactive ketones (excluding diaryl/α,β-unsaturated/α-hetero) is 2. The van der Waals surface area contributed by atoms with Crippen molar-refractivity contribution in [3.63, 3.8) is 0 Å². The van der Waals surface area contributed by atoms with E-state index in [0.717, 1.165) is 54.1 Å². The third-order valence-corrected chi connectivity index (χ3v) is 23.7. The first-order chi connectivity index (χ1) is 58.9. The molecule has 125 heavy (non-hydrogen) atoms. The molecule has 0 radical (unpaired) electrons. The molecule has 8 aliphatic rings. The van der Waals surface area contributed by atoms with E-state index < -0.39 is 280 Å². The minimum absolute atomic E-state index is 0. The smallest absolute Gasteiger partial charge is 0.330 e. The fourth-order valence-electron chi connectivity index (χ4n) is 16.5. The van der Waals surface area contributed by atoms with Gasteiger partial charge in [0.25, 0.3) is 0 Å². The summed E-state index contributed by atoms with van der Waals surface area (Å²) in [5, 5.41) is 153. The number of benzene rings is 6. The number of primary amides is 1. The van der Waals surface area contributed by atoms with Crippen LogP contribution in [0.5, 0.6) is 46.0 Å². The van der Waals surface area contributed by atoms with E-state index in [0.29, 0.717) is 17.9 Å². The number of rotatable bonds is 20. The SMILES string of the molecule is C.CC[C@H](CC(C)C)C(=O)N[C@H]1C(=O)C[C@@H](CC(N)=O)C(=O)N[C@H]2C(=O)C[C@H]3C(=O)N[C@H](C(=O)N[C@@H](C(=O)O)c4cc(O)cc(O)c4-c4cc3ccc4O)[C@H](OC3C[C@](C)(N)[C@@H](O)[C@H](C)O3)c3ccc(c(Cl)c3)Oc3cc2cc(c3O[C@@H]2O[C@H](CO)[C@@H](O[C@@H]3O[C@H](CCCc4cc(-c5ccccc5)no4)[C@H](O)[C@H](O)[C@H]3O)[C@H](O)[C@H]2O)Oc2ccc(cc2Cl)[C@H]1O. The van der Waals surface area contributed by atoms with E-state index in [-0.39, 0.29) is 72.9 Å². The summed E-state index contributed by atoms with van der Waals surface area (Å²) in [5.74, 6) is -19.3. The van der Waals surface area contributed by atoms with Gasteiger partial charge in [0.15, 0.2) is 41.7 Å². The van der Waals surface area contributed by atoms with E-state index in [1.54, 1.807) is 13.0 Å². The Balaban J connectivity index is 0.0000142. The number of carboxylic acids is 1. The number of aliphatic carboxylic acids is 1. The molecule has 38 heteroatoms. The highest BCUT2D eigenvalue weighted by molar-refractivity contribution is 6.32. The molecule has 15 rings (SSSR count). The molecule has 6 aromatic carbocycles. The molecule has 1 unspecified atom stereocenters. The number of ketones is 2. The van der Waals surface area contributed by atoms with Gasteiger partial charge in [0.1, 0.15) is 113 Å². The Labute approximate surface area is 725 Å². The van der Waals surface area contributed by atoms with Crippen molar-refractivity contribution >= 4 is 70.3 Å². The Morgan fingerprint density at radius 1 is 0.696 bits per heavy atom. The predicted molar refractivity (Wildman–Crippen MR) is 440 cm³/mol.